The molecule has 0 atom stereocenters. The second kappa shape index (κ2) is 9.52. The molecule has 0 unspecified atom stereocenters. The fourth-order valence-corrected chi connectivity index (χ4v) is 4.40. The first-order valence-electron chi connectivity index (χ1n) is 9.71. The lowest BCUT2D eigenvalue weighted by Crippen LogP contribution is -2.37. The Morgan fingerprint density at radius 1 is 1.25 bits per heavy atom. The predicted molar refractivity (Wildman–Crippen MR) is 113 cm³/mol. The molecule has 1 N–H and O–H groups in total. The third-order valence-corrected chi connectivity index (χ3v) is 6.30. The van der Waals surface area contributed by atoms with Crippen molar-refractivity contribution >= 4 is 34.8 Å². The number of rotatable bonds is 6. The maximum atomic E-state index is 12.6. The highest BCUT2D eigenvalue weighted by Crippen LogP contribution is 2.31. The molecule has 1 aliphatic rings. The molecule has 28 heavy (non-hydrogen) atoms. The zero-order chi connectivity index (χ0) is 20.1. The molecule has 150 valence electrons. The number of piperidine rings is 1. The normalized spacial score (nSPS) is 15.1. The van der Waals surface area contributed by atoms with E-state index in [1.807, 2.05) is 18.7 Å². The average molecular weight is 420 g/mol. The number of likely N-dealkylation sites (tertiary alicyclic amines) is 1. The van der Waals surface area contributed by atoms with Crippen LogP contribution >= 0.6 is 22.9 Å². The zero-order valence-corrected chi connectivity index (χ0v) is 17.9. The number of amides is 2. The molecular weight excluding hydrogens is 394 g/mol. The fraction of sp³-hybridized carbons (Fsp3) is 0.476. The molecule has 1 aliphatic heterocycles. The van der Waals surface area contributed by atoms with Gasteiger partial charge in [0.05, 0.1) is 10.7 Å². The van der Waals surface area contributed by atoms with Crippen molar-refractivity contribution in [3.8, 4) is 0 Å². The molecule has 2 heterocycles. The van der Waals surface area contributed by atoms with Gasteiger partial charge in [0.2, 0.25) is 5.91 Å². The van der Waals surface area contributed by atoms with Crippen LogP contribution < -0.4 is 5.32 Å². The Morgan fingerprint density at radius 3 is 2.57 bits per heavy atom. The van der Waals surface area contributed by atoms with E-state index in [1.54, 1.807) is 35.6 Å². The first-order valence-corrected chi connectivity index (χ1v) is 11.0. The third kappa shape index (κ3) is 5.32. The van der Waals surface area contributed by atoms with Crippen LogP contribution in [0.3, 0.4) is 0 Å². The van der Waals surface area contributed by atoms with Crippen molar-refractivity contribution in [1.29, 1.82) is 0 Å². The van der Waals surface area contributed by atoms with Crippen molar-refractivity contribution in [1.82, 2.24) is 15.2 Å². The zero-order valence-electron chi connectivity index (χ0n) is 16.3. The van der Waals surface area contributed by atoms with Gasteiger partial charge in [0.1, 0.15) is 0 Å². The fourth-order valence-electron chi connectivity index (χ4n) is 3.25. The second-order valence-electron chi connectivity index (χ2n) is 7.45. The number of carbonyl (C=O) groups is 2. The molecular formula is C21H26ClN3O2S. The highest BCUT2D eigenvalue weighted by molar-refractivity contribution is 7.09. The van der Waals surface area contributed by atoms with E-state index in [0.717, 1.165) is 43.1 Å². The number of hydrogen-bond acceptors (Lipinski definition) is 4. The SMILES string of the molecule is CC(C)C(=O)NCCc1csc(C2CCN(C(=O)c3ccc(Cl)cc3)CC2)n1. The largest absolute Gasteiger partial charge is 0.355 e. The molecule has 0 radical (unpaired) electrons. The summed E-state index contributed by atoms with van der Waals surface area (Å²) in [6.07, 6.45) is 2.61. The van der Waals surface area contributed by atoms with Gasteiger partial charge in [-0.05, 0) is 37.1 Å². The summed E-state index contributed by atoms with van der Waals surface area (Å²) in [7, 11) is 0. The molecule has 2 aromatic rings. The van der Waals surface area contributed by atoms with Crippen molar-refractivity contribution < 1.29 is 9.59 Å². The van der Waals surface area contributed by atoms with Crippen LogP contribution in [-0.2, 0) is 11.2 Å². The molecule has 1 aromatic heterocycles. The minimum absolute atomic E-state index is 0.00626. The molecule has 5 nitrogen and oxygen atoms in total. The van der Waals surface area contributed by atoms with Crippen LogP contribution in [0.1, 0.15) is 53.7 Å². The number of aromatic nitrogens is 1. The van der Waals surface area contributed by atoms with Gasteiger partial charge in [-0.15, -0.1) is 11.3 Å². The standard InChI is InChI=1S/C21H26ClN3O2S/c1-14(2)19(26)23-10-7-18-13-28-20(24-18)15-8-11-25(12-9-15)21(27)16-3-5-17(22)6-4-16/h3-6,13-15H,7-12H2,1-2H3,(H,23,26). The third-order valence-electron chi connectivity index (χ3n) is 5.00. The molecule has 0 aliphatic carbocycles. The van der Waals surface area contributed by atoms with Crippen molar-refractivity contribution in [3.05, 3.63) is 50.9 Å². The van der Waals surface area contributed by atoms with Gasteiger partial charge in [-0.25, -0.2) is 4.98 Å². The molecule has 0 saturated carbocycles. The molecule has 0 bridgehead atoms. The highest BCUT2D eigenvalue weighted by Gasteiger charge is 2.26. The topological polar surface area (TPSA) is 62.3 Å². The van der Waals surface area contributed by atoms with Crippen LogP contribution in [0.25, 0.3) is 0 Å². The summed E-state index contributed by atoms with van der Waals surface area (Å²) in [6, 6.07) is 7.06. The van der Waals surface area contributed by atoms with Gasteiger partial charge in [0, 0.05) is 53.9 Å². The van der Waals surface area contributed by atoms with Crippen LogP contribution in [-0.4, -0.2) is 41.3 Å². The van der Waals surface area contributed by atoms with Gasteiger partial charge in [-0.1, -0.05) is 25.4 Å². The molecule has 3 rings (SSSR count). The maximum Gasteiger partial charge on any atom is 0.253 e. The van der Waals surface area contributed by atoms with Crippen LogP contribution in [0.4, 0.5) is 0 Å². The second-order valence-corrected chi connectivity index (χ2v) is 8.77. The lowest BCUT2D eigenvalue weighted by molar-refractivity contribution is -0.123. The first kappa shape index (κ1) is 20.8. The Balaban J connectivity index is 1.48. The Morgan fingerprint density at radius 2 is 1.93 bits per heavy atom. The molecule has 2 amide bonds. The van der Waals surface area contributed by atoms with Crippen molar-refractivity contribution in [2.45, 2.75) is 39.0 Å². The van der Waals surface area contributed by atoms with Gasteiger partial charge in [0.15, 0.2) is 0 Å². The number of nitrogens with one attached hydrogen (secondary N) is 1. The van der Waals surface area contributed by atoms with Gasteiger partial charge in [-0.2, -0.15) is 0 Å². The lowest BCUT2D eigenvalue weighted by Gasteiger charge is -2.31. The van der Waals surface area contributed by atoms with Gasteiger partial charge >= 0.3 is 0 Å². The monoisotopic (exact) mass is 419 g/mol. The summed E-state index contributed by atoms with van der Waals surface area (Å²) in [5.74, 6) is 0.550. The van der Waals surface area contributed by atoms with E-state index < -0.39 is 0 Å². The van der Waals surface area contributed by atoms with E-state index >= 15 is 0 Å². The quantitative estimate of drug-likeness (QED) is 0.765. The summed E-state index contributed by atoms with van der Waals surface area (Å²) < 4.78 is 0. The van der Waals surface area contributed by atoms with Crippen LogP contribution in [0.15, 0.2) is 29.6 Å². The molecule has 1 fully saturated rings. The maximum absolute atomic E-state index is 12.6. The minimum Gasteiger partial charge on any atom is -0.355 e. The molecule has 0 spiro atoms. The molecule has 7 heteroatoms. The number of benzene rings is 1. The number of halogens is 1. The molecule has 1 aromatic carbocycles. The van der Waals surface area contributed by atoms with E-state index in [0.29, 0.717) is 23.0 Å². The summed E-state index contributed by atoms with van der Waals surface area (Å²) in [5.41, 5.74) is 1.71. The van der Waals surface area contributed by atoms with E-state index in [-0.39, 0.29) is 17.7 Å². The lowest BCUT2D eigenvalue weighted by atomic mass is 9.97. The smallest absolute Gasteiger partial charge is 0.253 e. The van der Waals surface area contributed by atoms with Gasteiger partial charge < -0.3 is 10.2 Å². The van der Waals surface area contributed by atoms with Crippen LogP contribution in [0, 0.1) is 5.92 Å². The first-order chi connectivity index (χ1) is 13.4. The van der Waals surface area contributed by atoms with E-state index in [2.05, 4.69) is 10.7 Å². The Hall–Kier alpha value is -1.92. The predicted octanol–water partition coefficient (Wildman–Crippen LogP) is 4.13. The average Bonchev–Trinajstić information content (AvgIpc) is 3.17. The Labute approximate surface area is 175 Å². The summed E-state index contributed by atoms with van der Waals surface area (Å²) in [5, 5.41) is 6.80. The van der Waals surface area contributed by atoms with E-state index in [4.69, 9.17) is 16.6 Å². The van der Waals surface area contributed by atoms with Gasteiger partial charge in [0.25, 0.3) is 5.91 Å². The van der Waals surface area contributed by atoms with E-state index in [1.165, 1.54) is 0 Å². The number of nitrogens with zero attached hydrogens (tertiary/aromatic N) is 2. The van der Waals surface area contributed by atoms with Crippen molar-refractivity contribution in [3.63, 3.8) is 0 Å². The van der Waals surface area contributed by atoms with E-state index in [9.17, 15) is 9.59 Å². The van der Waals surface area contributed by atoms with Crippen LogP contribution in [0.5, 0.6) is 0 Å². The number of thiazole rings is 1. The Bertz CT molecular complexity index is 811. The minimum atomic E-state index is 0.00626. The van der Waals surface area contributed by atoms with Crippen molar-refractivity contribution in [2.75, 3.05) is 19.6 Å². The van der Waals surface area contributed by atoms with Crippen LogP contribution in [0.2, 0.25) is 5.02 Å². The molecule has 1 saturated heterocycles. The van der Waals surface area contributed by atoms with Gasteiger partial charge in [-0.3, -0.25) is 9.59 Å². The number of carbonyl (C=O) groups excluding carboxylic acids is 2. The summed E-state index contributed by atoms with van der Waals surface area (Å²) >= 11 is 7.59. The summed E-state index contributed by atoms with van der Waals surface area (Å²) in [6.45, 7) is 5.88. The number of hydrogen-bond donors (Lipinski definition) is 1. The highest BCUT2D eigenvalue weighted by atomic mass is 35.5. The summed E-state index contributed by atoms with van der Waals surface area (Å²) in [4.78, 5) is 30.9. The van der Waals surface area contributed by atoms with Crippen molar-refractivity contribution in [2.24, 2.45) is 5.92 Å². The Kier molecular flexibility index (Phi) is 7.08.